The molecule has 10 heteroatoms. The summed E-state index contributed by atoms with van der Waals surface area (Å²) < 4.78 is 18.1. The Morgan fingerprint density at radius 2 is 1.65 bits per heavy atom. The van der Waals surface area contributed by atoms with Crippen LogP contribution in [0.25, 0.3) is 17.3 Å². The number of ether oxygens (including phenoxy) is 3. The number of benzene rings is 3. The van der Waals surface area contributed by atoms with Crippen LogP contribution < -0.4 is 34.3 Å². The molecule has 3 aromatic carbocycles. The second-order valence-electron chi connectivity index (χ2n) is 8.69. The molecule has 0 radical (unpaired) electrons. The maximum absolute atomic E-state index is 13.9. The van der Waals surface area contributed by atoms with Crippen molar-refractivity contribution in [2.45, 2.75) is 13.8 Å². The fourth-order valence-corrected chi connectivity index (χ4v) is 5.27. The number of carbonyl (C=O) groups is 1. The van der Waals surface area contributed by atoms with Crippen LogP contribution in [0.3, 0.4) is 0 Å². The molecule has 0 aliphatic heterocycles. The van der Waals surface area contributed by atoms with Gasteiger partial charge in [0, 0.05) is 11.6 Å². The van der Waals surface area contributed by atoms with Gasteiger partial charge in [-0.3, -0.25) is 14.2 Å². The first-order chi connectivity index (χ1) is 19.2. The number of aromatic nitrogens is 1. The molecule has 4 aromatic rings. The Kier molecular flexibility index (Phi) is 8.63. The van der Waals surface area contributed by atoms with E-state index in [1.165, 1.54) is 25.9 Å². The molecule has 1 amide bonds. The van der Waals surface area contributed by atoms with E-state index in [1.54, 1.807) is 48.5 Å². The molecule has 8 nitrogen and oxygen atoms in total. The van der Waals surface area contributed by atoms with Crippen LogP contribution in [0.4, 0.5) is 5.69 Å². The molecule has 204 valence electrons. The standard InChI is InChI=1S/C30H26ClN3O5S/c1-17-10-11-20(12-18(17)2)34-29(36)27(14-19-13-25(38-4)26(39-5)15-24(19)37-3)40-30(34)21(16-32)28(35)33-23-9-7-6-8-22(23)31/h6-15H,1-5H3,(H,33,35)/b27-14+,30-21-. The number of aryl methyl sites for hydroxylation is 2. The van der Waals surface area contributed by atoms with E-state index in [9.17, 15) is 14.9 Å². The third-order valence-electron chi connectivity index (χ3n) is 6.27. The van der Waals surface area contributed by atoms with Crippen LogP contribution in [0.2, 0.25) is 5.02 Å². The van der Waals surface area contributed by atoms with E-state index in [2.05, 4.69) is 5.32 Å². The average molecular weight is 576 g/mol. The largest absolute Gasteiger partial charge is 0.496 e. The number of para-hydroxylation sites is 1. The van der Waals surface area contributed by atoms with Crippen LogP contribution in [0.15, 0.2) is 59.4 Å². The van der Waals surface area contributed by atoms with Gasteiger partial charge in [-0.1, -0.05) is 29.8 Å². The maximum Gasteiger partial charge on any atom is 0.273 e. The smallest absolute Gasteiger partial charge is 0.273 e. The quantitative estimate of drug-likeness (QED) is 0.352. The van der Waals surface area contributed by atoms with Crippen molar-refractivity contribution < 1.29 is 19.0 Å². The Bertz CT molecular complexity index is 1840. The molecule has 0 spiro atoms. The molecule has 0 unspecified atom stereocenters. The Hall–Kier alpha value is -4.52. The summed E-state index contributed by atoms with van der Waals surface area (Å²) in [5.41, 5.74) is 2.77. The lowest BCUT2D eigenvalue weighted by atomic mass is 10.1. The molecule has 0 saturated carbocycles. The number of methoxy groups -OCH3 is 3. The highest BCUT2D eigenvalue weighted by Gasteiger charge is 2.19. The molecule has 0 saturated heterocycles. The zero-order chi connectivity index (χ0) is 29.0. The van der Waals surface area contributed by atoms with E-state index in [0.717, 1.165) is 22.5 Å². The SMILES string of the molecule is COc1cc(OC)c(OC)cc1/C=c1/s/c(=C(/C#N)C(=O)Nc2ccccc2Cl)n(-c2ccc(C)c(C)c2)c1=O. The summed E-state index contributed by atoms with van der Waals surface area (Å²) in [6.07, 6.45) is 1.63. The lowest BCUT2D eigenvalue weighted by molar-refractivity contribution is -0.111. The molecule has 1 aromatic heterocycles. The van der Waals surface area contributed by atoms with Crippen LogP contribution >= 0.6 is 22.9 Å². The summed E-state index contributed by atoms with van der Waals surface area (Å²) in [6, 6.07) is 17.5. The Balaban J connectivity index is 2.03. The first kappa shape index (κ1) is 28.5. The summed E-state index contributed by atoms with van der Waals surface area (Å²) in [5, 5.41) is 13.1. The highest BCUT2D eigenvalue weighted by molar-refractivity contribution is 7.07. The van der Waals surface area contributed by atoms with Gasteiger partial charge in [0.05, 0.1) is 42.3 Å². The predicted molar refractivity (Wildman–Crippen MR) is 157 cm³/mol. The summed E-state index contributed by atoms with van der Waals surface area (Å²) in [7, 11) is 4.53. The second kappa shape index (κ2) is 12.1. The molecule has 0 aliphatic rings. The lowest BCUT2D eigenvalue weighted by Gasteiger charge is -2.11. The first-order valence-electron chi connectivity index (χ1n) is 12.0. The van der Waals surface area contributed by atoms with Gasteiger partial charge in [0.1, 0.15) is 16.5 Å². The predicted octanol–water partition coefficient (Wildman–Crippen LogP) is 4.34. The van der Waals surface area contributed by atoms with Crippen LogP contribution in [0.1, 0.15) is 16.7 Å². The number of nitriles is 1. The zero-order valence-corrected chi connectivity index (χ0v) is 24.1. The van der Waals surface area contributed by atoms with Gasteiger partial charge < -0.3 is 19.5 Å². The number of nitrogens with zero attached hydrogens (tertiary/aromatic N) is 2. The van der Waals surface area contributed by atoms with E-state index in [1.807, 2.05) is 32.0 Å². The molecular weight excluding hydrogens is 550 g/mol. The summed E-state index contributed by atoms with van der Waals surface area (Å²) in [6.45, 7) is 3.89. The van der Waals surface area contributed by atoms with Crippen molar-refractivity contribution >= 4 is 46.2 Å². The molecule has 4 rings (SSSR count). The van der Waals surface area contributed by atoms with Crippen molar-refractivity contribution in [3.63, 3.8) is 0 Å². The number of anilines is 1. The minimum atomic E-state index is -0.690. The summed E-state index contributed by atoms with van der Waals surface area (Å²) >= 11 is 7.24. The average Bonchev–Trinajstić information content (AvgIpc) is 3.26. The second-order valence-corrected chi connectivity index (χ2v) is 10.1. The van der Waals surface area contributed by atoms with Crippen LogP contribution in [-0.2, 0) is 4.79 Å². The maximum atomic E-state index is 13.9. The van der Waals surface area contributed by atoms with Crippen molar-refractivity contribution in [3.05, 3.63) is 95.9 Å². The van der Waals surface area contributed by atoms with Crippen molar-refractivity contribution in [3.8, 4) is 29.0 Å². The van der Waals surface area contributed by atoms with Crippen molar-refractivity contribution in [2.75, 3.05) is 26.6 Å². The van der Waals surface area contributed by atoms with E-state index in [0.29, 0.717) is 39.2 Å². The number of thiazole rings is 1. The minimum Gasteiger partial charge on any atom is -0.496 e. The number of amides is 1. The molecule has 0 bridgehead atoms. The highest BCUT2D eigenvalue weighted by atomic mass is 35.5. The van der Waals surface area contributed by atoms with Gasteiger partial charge in [0.15, 0.2) is 17.1 Å². The number of halogens is 1. The van der Waals surface area contributed by atoms with E-state index >= 15 is 0 Å². The number of nitrogens with one attached hydrogen (secondary N) is 1. The third kappa shape index (κ3) is 5.59. The molecule has 0 fully saturated rings. The van der Waals surface area contributed by atoms with E-state index in [4.69, 9.17) is 25.8 Å². The molecular formula is C30H26ClN3O5S. The minimum absolute atomic E-state index is 0.172. The zero-order valence-electron chi connectivity index (χ0n) is 22.5. The topological polar surface area (TPSA) is 103 Å². The Morgan fingerprint density at radius 3 is 2.27 bits per heavy atom. The number of hydrogen-bond acceptors (Lipinski definition) is 7. The van der Waals surface area contributed by atoms with Gasteiger partial charge >= 0.3 is 0 Å². The highest BCUT2D eigenvalue weighted by Crippen LogP contribution is 2.35. The van der Waals surface area contributed by atoms with Gasteiger partial charge in [-0.25, -0.2) is 0 Å². The van der Waals surface area contributed by atoms with E-state index in [-0.39, 0.29) is 14.8 Å². The lowest BCUT2D eigenvalue weighted by Crippen LogP contribution is -2.32. The summed E-state index contributed by atoms with van der Waals surface area (Å²) in [4.78, 5) is 27.2. The van der Waals surface area contributed by atoms with Crippen LogP contribution in [-0.4, -0.2) is 31.8 Å². The number of rotatable bonds is 7. The van der Waals surface area contributed by atoms with Crippen molar-refractivity contribution in [2.24, 2.45) is 0 Å². The monoisotopic (exact) mass is 575 g/mol. The first-order valence-corrected chi connectivity index (χ1v) is 13.2. The van der Waals surface area contributed by atoms with Gasteiger partial charge in [0.25, 0.3) is 11.5 Å². The van der Waals surface area contributed by atoms with Crippen LogP contribution in [0, 0.1) is 25.2 Å². The van der Waals surface area contributed by atoms with Crippen molar-refractivity contribution in [1.29, 1.82) is 5.26 Å². The van der Waals surface area contributed by atoms with E-state index < -0.39 is 11.5 Å². The van der Waals surface area contributed by atoms with Gasteiger partial charge in [0.2, 0.25) is 0 Å². The number of hydrogen-bond donors (Lipinski definition) is 1. The third-order valence-corrected chi connectivity index (χ3v) is 7.69. The number of carbonyl (C=O) groups excluding carboxylic acids is 1. The molecule has 1 heterocycles. The van der Waals surface area contributed by atoms with Crippen LogP contribution in [0.5, 0.6) is 17.2 Å². The van der Waals surface area contributed by atoms with Gasteiger partial charge in [-0.05, 0) is 61.4 Å². The van der Waals surface area contributed by atoms with Crippen molar-refractivity contribution in [1.82, 2.24) is 4.57 Å². The molecule has 40 heavy (non-hydrogen) atoms. The molecule has 0 aliphatic carbocycles. The molecule has 0 atom stereocenters. The Morgan fingerprint density at radius 1 is 0.975 bits per heavy atom. The van der Waals surface area contributed by atoms with Gasteiger partial charge in [-0.2, -0.15) is 5.26 Å². The fourth-order valence-electron chi connectivity index (χ4n) is 4.00. The molecule has 1 N–H and O–H groups in total. The Labute approximate surface area is 239 Å². The normalized spacial score (nSPS) is 12.0. The summed E-state index contributed by atoms with van der Waals surface area (Å²) in [5.74, 6) is 0.673. The van der Waals surface area contributed by atoms with Gasteiger partial charge in [-0.15, -0.1) is 11.3 Å². The fraction of sp³-hybridized carbons (Fsp3) is 0.167.